The van der Waals surface area contributed by atoms with Crippen molar-refractivity contribution >= 4 is 5.78 Å². The summed E-state index contributed by atoms with van der Waals surface area (Å²) >= 11 is 0. The molecule has 0 saturated heterocycles. The number of Topliss-reactive ketones (excluding diaryl/α,β-unsaturated/α-hetero) is 1. The Morgan fingerprint density at radius 2 is 1.24 bits per heavy atom. The molecule has 0 radical (unpaired) electrons. The van der Waals surface area contributed by atoms with Gasteiger partial charge in [-0.15, -0.1) is 0 Å². The minimum absolute atomic E-state index is 0.399. The average Bonchev–Trinajstić information content (AvgIpc) is 2.89. The van der Waals surface area contributed by atoms with E-state index >= 15 is 0 Å². The summed E-state index contributed by atoms with van der Waals surface area (Å²) in [5, 5.41) is 36.0. The highest BCUT2D eigenvalue weighted by molar-refractivity contribution is 5.94. The first-order chi connectivity index (χ1) is 7.77. The van der Waals surface area contributed by atoms with Crippen LogP contribution >= 0.6 is 0 Å². The predicted octanol–water partition coefficient (Wildman–Crippen LogP) is 1.30. The Labute approximate surface area is 99.5 Å². The monoisotopic (exact) mass is 226 g/mol. The van der Waals surface area contributed by atoms with Gasteiger partial charge in [0.1, 0.15) is 5.78 Å². The fraction of sp³-hybridized carbons (Fsp3) is 0.583. The van der Waals surface area contributed by atoms with Crippen molar-refractivity contribution < 1.29 is 4.79 Å². The molecule has 0 spiro atoms. The summed E-state index contributed by atoms with van der Waals surface area (Å²) < 4.78 is 0. The molecule has 0 amide bonds. The smallest absolute Gasteiger partial charge is 0.188 e. The number of hydrogen-bond acceptors (Lipinski definition) is 5. The predicted molar refractivity (Wildman–Crippen MR) is 55.3 cm³/mol. The van der Waals surface area contributed by atoms with Crippen LogP contribution in [0.1, 0.15) is 20.8 Å². The van der Waals surface area contributed by atoms with E-state index in [0.717, 1.165) is 0 Å². The molecule has 1 aliphatic rings. The van der Waals surface area contributed by atoms with E-state index in [-0.39, 0.29) is 0 Å². The maximum absolute atomic E-state index is 12.1. The first kappa shape index (κ1) is 12.7. The molecular weight excluding hydrogens is 216 g/mol. The van der Waals surface area contributed by atoms with Crippen molar-refractivity contribution in [2.24, 2.45) is 22.2 Å². The van der Waals surface area contributed by atoms with Crippen LogP contribution in [0.15, 0.2) is 0 Å². The molecule has 0 aromatic rings. The Kier molecular flexibility index (Phi) is 2.47. The third-order valence-corrected chi connectivity index (χ3v) is 3.11. The summed E-state index contributed by atoms with van der Waals surface area (Å²) in [5.74, 6) is -1.54. The van der Waals surface area contributed by atoms with E-state index in [1.807, 2.05) is 0 Å². The lowest BCUT2D eigenvalue weighted by Gasteiger charge is -2.16. The van der Waals surface area contributed by atoms with E-state index in [9.17, 15) is 4.79 Å². The quantitative estimate of drug-likeness (QED) is 0.668. The fourth-order valence-corrected chi connectivity index (χ4v) is 1.96. The van der Waals surface area contributed by atoms with Gasteiger partial charge in [-0.05, 0) is 0 Å². The van der Waals surface area contributed by atoms with E-state index in [1.165, 1.54) is 0 Å². The van der Waals surface area contributed by atoms with Crippen molar-refractivity contribution in [2.45, 2.75) is 20.8 Å². The van der Waals surface area contributed by atoms with Crippen LogP contribution in [0.4, 0.5) is 0 Å². The van der Waals surface area contributed by atoms with Crippen LogP contribution in [0, 0.1) is 67.5 Å². The van der Waals surface area contributed by atoms with Crippen LogP contribution in [0.5, 0.6) is 0 Å². The van der Waals surface area contributed by atoms with E-state index in [4.69, 9.17) is 21.0 Å². The Balaban J connectivity index is 3.38. The van der Waals surface area contributed by atoms with Gasteiger partial charge in [0.2, 0.25) is 0 Å². The molecule has 1 rings (SSSR count). The minimum Gasteiger partial charge on any atom is -0.299 e. The first-order valence-electron chi connectivity index (χ1n) is 4.96. The standard InChI is InChI=1S/C12H10N4O/c1-10(2,3)9(17)8-11(4-13,5-14)12(8,6-15)7-16/h8H,1-3H3. The molecule has 0 unspecified atom stereocenters. The highest BCUT2D eigenvalue weighted by Gasteiger charge is 2.84. The van der Waals surface area contributed by atoms with E-state index in [0.29, 0.717) is 0 Å². The highest BCUT2D eigenvalue weighted by atomic mass is 16.1. The summed E-state index contributed by atoms with van der Waals surface area (Å²) in [5.41, 5.74) is -4.43. The zero-order valence-electron chi connectivity index (χ0n) is 9.77. The Morgan fingerprint density at radius 1 is 0.941 bits per heavy atom. The normalized spacial score (nSPS) is 20.2. The number of hydrogen-bond donors (Lipinski definition) is 0. The Hall–Kier alpha value is -2.37. The van der Waals surface area contributed by atoms with Crippen LogP contribution in [-0.4, -0.2) is 5.78 Å². The van der Waals surface area contributed by atoms with Crippen molar-refractivity contribution in [3.8, 4) is 24.3 Å². The highest BCUT2D eigenvalue weighted by Crippen LogP contribution is 2.69. The maximum Gasteiger partial charge on any atom is 0.188 e. The second-order valence-corrected chi connectivity index (χ2v) is 5.11. The number of rotatable bonds is 1. The molecule has 0 atom stereocenters. The van der Waals surface area contributed by atoms with Gasteiger partial charge >= 0.3 is 0 Å². The molecular formula is C12H10N4O. The molecule has 0 bridgehead atoms. The zero-order chi connectivity index (χ0) is 13.5. The molecule has 1 aliphatic carbocycles. The second-order valence-electron chi connectivity index (χ2n) is 5.11. The lowest BCUT2D eigenvalue weighted by molar-refractivity contribution is -0.128. The van der Waals surface area contributed by atoms with E-state index < -0.39 is 27.9 Å². The van der Waals surface area contributed by atoms with Gasteiger partial charge in [0.25, 0.3) is 0 Å². The third kappa shape index (κ3) is 1.24. The summed E-state index contributed by atoms with van der Waals surface area (Å²) in [6.07, 6.45) is 0. The number of carbonyl (C=O) groups is 1. The van der Waals surface area contributed by atoms with Crippen LogP contribution in [-0.2, 0) is 4.79 Å². The molecule has 0 aromatic heterocycles. The molecule has 5 nitrogen and oxygen atoms in total. The van der Waals surface area contributed by atoms with Crippen LogP contribution in [0.3, 0.4) is 0 Å². The third-order valence-electron chi connectivity index (χ3n) is 3.11. The SMILES string of the molecule is CC(C)(C)C(=O)C1C(C#N)(C#N)C1(C#N)C#N. The largest absolute Gasteiger partial charge is 0.299 e. The molecule has 0 aromatic carbocycles. The van der Waals surface area contributed by atoms with Crippen molar-refractivity contribution in [3.63, 3.8) is 0 Å². The van der Waals surface area contributed by atoms with Gasteiger partial charge in [0.05, 0.1) is 30.2 Å². The summed E-state index contributed by atoms with van der Waals surface area (Å²) in [7, 11) is 0. The molecule has 0 heterocycles. The van der Waals surface area contributed by atoms with Crippen molar-refractivity contribution in [1.29, 1.82) is 21.0 Å². The van der Waals surface area contributed by atoms with Crippen LogP contribution < -0.4 is 0 Å². The Morgan fingerprint density at radius 3 is 1.41 bits per heavy atom. The molecule has 1 fully saturated rings. The van der Waals surface area contributed by atoms with Crippen LogP contribution in [0.2, 0.25) is 0 Å². The van der Waals surface area contributed by atoms with Gasteiger partial charge in [-0.25, -0.2) is 0 Å². The lowest BCUT2D eigenvalue weighted by Crippen LogP contribution is -2.25. The van der Waals surface area contributed by atoms with Crippen molar-refractivity contribution in [1.82, 2.24) is 0 Å². The first-order valence-corrected chi connectivity index (χ1v) is 4.96. The van der Waals surface area contributed by atoms with Gasteiger partial charge in [0.15, 0.2) is 10.8 Å². The van der Waals surface area contributed by atoms with Crippen molar-refractivity contribution in [2.75, 3.05) is 0 Å². The number of ketones is 1. The topological polar surface area (TPSA) is 112 Å². The van der Waals surface area contributed by atoms with Gasteiger partial charge in [-0.3, -0.25) is 4.79 Å². The molecule has 1 saturated carbocycles. The maximum atomic E-state index is 12.1. The average molecular weight is 226 g/mol. The Bertz CT molecular complexity index is 476. The summed E-state index contributed by atoms with van der Waals surface area (Å²) in [6, 6.07) is 6.68. The molecule has 84 valence electrons. The van der Waals surface area contributed by atoms with E-state index in [2.05, 4.69) is 0 Å². The van der Waals surface area contributed by atoms with Crippen LogP contribution in [0.25, 0.3) is 0 Å². The minimum atomic E-state index is -1.82. The van der Waals surface area contributed by atoms with Crippen molar-refractivity contribution in [3.05, 3.63) is 0 Å². The summed E-state index contributed by atoms with van der Waals surface area (Å²) in [6.45, 7) is 4.89. The lowest BCUT2D eigenvalue weighted by atomic mass is 9.85. The molecule has 0 N–H and O–H groups in total. The van der Waals surface area contributed by atoms with Gasteiger partial charge < -0.3 is 0 Å². The van der Waals surface area contributed by atoms with Gasteiger partial charge in [-0.1, -0.05) is 20.8 Å². The molecule has 17 heavy (non-hydrogen) atoms. The fourth-order valence-electron chi connectivity index (χ4n) is 1.96. The zero-order valence-corrected chi connectivity index (χ0v) is 9.77. The number of carbonyl (C=O) groups excluding carboxylic acids is 1. The van der Waals surface area contributed by atoms with Gasteiger partial charge in [0, 0.05) is 5.41 Å². The van der Waals surface area contributed by atoms with Gasteiger partial charge in [-0.2, -0.15) is 21.0 Å². The molecule has 5 heteroatoms. The summed E-state index contributed by atoms with van der Waals surface area (Å²) in [4.78, 5) is 12.1. The molecule has 0 aliphatic heterocycles. The number of nitriles is 4. The van der Waals surface area contributed by atoms with E-state index in [1.54, 1.807) is 45.0 Å². The second kappa shape index (κ2) is 3.31. The number of nitrogens with zero attached hydrogens (tertiary/aromatic N) is 4.